The van der Waals surface area contributed by atoms with Crippen molar-refractivity contribution in [3.05, 3.63) is 65.2 Å². The second kappa shape index (κ2) is 7.48. The van der Waals surface area contributed by atoms with Crippen molar-refractivity contribution >= 4 is 0 Å². The number of nitrogens with one attached hydrogen (secondary N) is 1. The normalized spacial score (nSPS) is 18.8. The molecule has 24 heavy (non-hydrogen) atoms. The minimum Gasteiger partial charge on any atom is -0.494 e. The molecule has 2 N–H and O–H groups in total. The van der Waals surface area contributed by atoms with Crippen LogP contribution in [-0.2, 0) is 12.0 Å². The first-order chi connectivity index (χ1) is 11.8. The number of rotatable bonds is 7. The Kier molecular flexibility index (Phi) is 5.14. The van der Waals surface area contributed by atoms with Gasteiger partial charge in [-0.3, -0.25) is 0 Å². The molecule has 1 aliphatic carbocycles. The molecule has 0 saturated heterocycles. The maximum absolute atomic E-state index is 9.93. The van der Waals surface area contributed by atoms with E-state index in [1.54, 1.807) is 12.1 Å². The third-order valence-electron chi connectivity index (χ3n) is 4.66. The topological polar surface area (TPSA) is 65.3 Å². The highest BCUT2D eigenvalue weighted by atomic mass is 16.5. The molecule has 0 fully saturated rings. The van der Waals surface area contributed by atoms with Crippen LogP contribution in [0.15, 0.2) is 48.5 Å². The van der Waals surface area contributed by atoms with E-state index in [0.717, 1.165) is 31.6 Å². The van der Waals surface area contributed by atoms with Crippen LogP contribution in [0.1, 0.15) is 29.5 Å². The Morgan fingerprint density at radius 1 is 1.17 bits per heavy atom. The fourth-order valence-electron chi connectivity index (χ4n) is 3.31. The number of hydrogen-bond acceptors (Lipinski definition) is 4. The van der Waals surface area contributed by atoms with Gasteiger partial charge < -0.3 is 15.2 Å². The van der Waals surface area contributed by atoms with E-state index in [1.807, 2.05) is 18.2 Å². The zero-order chi connectivity index (χ0) is 16.8. The largest absolute Gasteiger partial charge is 0.494 e. The van der Waals surface area contributed by atoms with Gasteiger partial charge in [-0.2, -0.15) is 5.26 Å². The first kappa shape index (κ1) is 16.5. The van der Waals surface area contributed by atoms with Gasteiger partial charge in [-0.05, 0) is 61.2 Å². The summed E-state index contributed by atoms with van der Waals surface area (Å²) in [7, 11) is 0. The summed E-state index contributed by atoms with van der Waals surface area (Å²) >= 11 is 0. The zero-order valence-electron chi connectivity index (χ0n) is 13.7. The fraction of sp³-hybridized carbons (Fsp3) is 0.350. The minimum atomic E-state index is -0.314. The number of aliphatic hydroxyl groups excluding tert-OH is 1. The maximum Gasteiger partial charge on any atom is 0.119 e. The van der Waals surface area contributed by atoms with Gasteiger partial charge in [0, 0.05) is 0 Å². The second-order valence-corrected chi connectivity index (χ2v) is 6.16. The summed E-state index contributed by atoms with van der Waals surface area (Å²) in [6, 6.07) is 17.6. The van der Waals surface area contributed by atoms with Gasteiger partial charge in [0.15, 0.2) is 0 Å². The van der Waals surface area contributed by atoms with Crippen molar-refractivity contribution < 1.29 is 9.84 Å². The summed E-state index contributed by atoms with van der Waals surface area (Å²) < 4.78 is 5.69. The summed E-state index contributed by atoms with van der Waals surface area (Å²) in [4.78, 5) is 0. The van der Waals surface area contributed by atoms with Crippen molar-refractivity contribution in [1.29, 1.82) is 5.26 Å². The van der Waals surface area contributed by atoms with Crippen LogP contribution >= 0.6 is 0 Å². The van der Waals surface area contributed by atoms with Crippen molar-refractivity contribution in [3.63, 3.8) is 0 Å². The molecule has 4 heteroatoms. The Labute approximate surface area is 142 Å². The molecule has 0 aliphatic heterocycles. The van der Waals surface area contributed by atoms with Gasteiger partial charge in [0.1, 0.15) is 5.75 Å². The Morgan fingerprint density at radius 3 is 2.71 bits per heavy atom. The molecule has 1 unspecified atom stereocenters. The number of aliphatic hydroxyl groups is 1. The second-order valence-electron chi connectivity index (χ2n) is 6.16. The predicted molar refractivity (Wildman–Crippen MR) is 92.8 cm³/mol. The summed E-state index contributed by atoms with van der Waals surface area (Å²) in [5.74, 6) is 0.775. The molecule has 2 aromatic rings. The van der Waals surface area contributed by atoms with Crippen molar-refractivity contribution in [2.24, 2.45) is 0 Å². The highest BCUT2D eigenvalue weighted by Gasteiger charge is 2.37. The van der Waals surface area contributed by atoms with Crippen molar-refractivity contribution in [2.75, 3.05) is 19.8 Å². The van der Waals surface area contributed by atoms with E-state index in [-0.39, 0.29) is 12.1 Å². The first-order valence-corrected chi connectivity index (χ1v) is 8.35. The monoisotopic (exact) mass is 322 g/mol. The molecule has 0 spiro atoms. The van der Waals surface area contributed by atoms with Gasteiger partial charge >= 0.3 is 0 Å². The van der Waals surface area contributed by atoms with E-state index >= 15 is 0 Å². The van der Waals surface area contributed by atoms with Crippen LogP contribution in [0.4, 0.5) is 0 Å². The molecular formula is C20H22N2O2. The van der Waals surface area contributed by atoms with Crippen LogP contribution in [0.5, 0.6) is 5.75 Å². The molecule has 124 valence electrons. The van der Waals surface area contributed by atoms with Gasteiger partial charge in [-0.15, -0.1) is 0 Å². The molecule has 2 aromatic carbocycles. The summed E-state index contributed by atoms with van der Waals surface area (Å²) in [6.45, 7) is 1.49. The quantitative estimate of drug-likeness (QED) is 0.769. The molecule has 1 aliphatic rings. The van der Waals surface area contributed by atoms with Crippen molar-refractivity contribution in [1.82, 2.24) is 5.32 Å². The Balaban J connectivity index is 1.48. The Bertz CT molecular complexity index is 721. The van der Waals surface area contributed by atoms with Crippen molar-refractivity contribution in [2.45, 2.75) is 24.8 Å². The van der Waals surface area contributed by atoms with Gasteiger partial charge in [0.25, 0.3) is 0 Å². The van der Waals surface area contributed by atoms with Crippen LogP contribution < -0.4 is 10.1 Å². The van der Waals surface area contributed by atoms with Gasteiger partial charge in [0.2, 0.25) is 0 Å². The smallest absolute Gasteiger partial charge is 0.119 e. The van der Waals surface area contributed by atoms with Crippen LogP contribution in [0.25, 0.3) is 0 Å². The van der Waals surface area contributed by atoms with Gasteiger partial charge in [-0.25, -0.2) is 0 Å². The average Bonchev–Trinajstić information content (AvgIpc) is 3.01. The number of aryl methyl sites for hydroxylation is 1. The van der Waals surface area contributed by atoms with Crippen molar-refractivity contribution in [3.8, 4) is 11.8 Å². The molecule has 4 nitrogen and oxygen atoms in total. The molecule has 3 rings (SSSR count). The van der Waals surface area contributed by atoms with E-state index in [1.165, 1.54) is 11.1 Å². The SMILES string of the molecule is N#Cc1ccc(OCCCNC2(CO)CCc3ccccc32)cc1. The fourth-order valence-corrected chi connectivity index (χ4v) is 3.31. The summed E-state index contributed by atoms with van der Waals surface area (Å²) in [5.41, 5.74) is 2.87. The third kappa shape index (κ3) is 3.43. The lowest BCUT2D eigenvalue weighted by molar-refractivity contribution is 0.157. The Morgan fingerprint density at radius 2 is 1.96 bits per heavy atom. The highest BCUT2D eigenvalue weighted by Crippen LogP contribution is 2.36. The van der Waals surface area contributed by atoms with E-state index in [9.17, 15) is 5.11 Å². The minimum absolute atomic E-state index is 0.112. The third-order valence-corrected chi connectivity index (χ3v) is 4.66. The first-order valence-electron chi connectivity index (χ1n) is 8.35. The standard InChI is InChI=1S/C20H22N2O2/c21-14-16-6-8-18(9-7-16)24-13-3-12-22-20(15-23)11-10-17-4-1-2-5-19(17)20/h1-2,4-9,22-23H,3,10-13,15H2. The van der Waals surface area contributed by atoms with Crippen LogP contribution in [-0.4, -0.2) is 24.9 Å². The molecule has 0 bridgehead atoms. The zero-order valence-corrected chi connectivity index (χ0v) is 13.7. The number of benzene rings is 2. The van der Waals surface area contributed by atoms with Gasteiger partial charge in [0.05, 0.1) is 30.4 Å². The maximum atomic E-state index is 9.93. The molecule has 0 radical (unpaired) electrons. The predicted octanol–water partition coefficient (Wildman–Crippen LogP) is 2.75. The molecule has 0 aromatic heterocycles. The van der Waals surface area contributed by atoms with Crippen LogP contribution in [0.2, 0.25) is 0 Å². The van der Waals surface area contributed by atoms with E-state index in [4.69, 9.17) is 10.00 Å². The summed E-state index contributed by atoms with van der Waals surface area (Å²) in [5, 5.41) is 22.2. The van der Waals surface area contributed by atoms with E-state index in [0.29, 0.717) is 12.2 Å². The molecular weight excluding hydrogens is 300 g/mol. The number of fused-ring (bicyclic) bond motifs is 1. The number of nitrogens with zero attached hydrogens (tertiary/aromatic N) is 1. The van der Waals surface area contributed by atoms with Gasteiger partial charge in [-0.1, -0.05) is 24.3 Å². The summed E-state index contributed by atoms with van der Waals surface area (Å²) in [6.07, 6.45) is 2.79. The lowest BCUT2D eigenvalue weighted by Gasteiger charge is -2.30. The molecule has 0 amide bonds. The molecule has 0 heterocycles. The lowest BCUT2D eigenvalue weighted by atomic mass is 9.92. The van der Waals surface area contributed by atoms with Crippen LogP contribution in [0.3, 0.4) is 0 Å². The van der Waals surface area contributed by atoms with E-state index in [2.05, 4.69) is 29.6 Å². The average molecular weight is 322 g/mol. The number of nitriles is 1. The lowest BCUT2D eigenvalue weighted by Crippen LogP contribution is -2.44. The Hall–Kier alpha value is -2.35. The van der Waals surface area contributed by atoms with E-state index < -0.39 is 0 Å². The highest BCUT2D eigenvalue weighted by molar-refractivity contribution is 5.39. The molecule has 1 atom stereocenters. The number of hydrogen-bond donors (Lipinski definition) is 2. The number of ether oxygens (including phenoxy) is 1. The molecule has 0 saturated carbocycles. The van der Waals surface area contributed by atoms with Crippen LogP contribution in [0, 0.1) is 11.3 Å².